The fourth-order valence-electron chi connectivity index (χ4n) is 3.27. The predicted molar refractivity (Wildman–Crippen MR) is 110 cm³/mol. The lowest BCUT2D eigenvalue weighted by molar-refractivity contribution is -0.124. The molecule has 0 atom stereocenters. The number of aromatic hydroxyl groups is 1. The third-order valence-electron chi connectivity index (χ3n) is 4.96. The molecule has 1 aliphatic carbocycles. The summed E-state index contributed by atoms with van der Waals surface area (Å²) in [6, 6.07) is 10.8. The zero-order valence-corrected chi connectivity index (χ0v) is 15.4. The number of hydrogen-bond donors (Lipinski definition) is 4. The third-order valence-corrected chi connectivity index (χ3v) is 4.96. The minimum absolute atomic E-state index is 0.0901. The fraction of sp³-hybridized carbons (Fsp3) is 0.190. The first kappa shape index (κ1) is 19.2. The summed E-state index contributed by atoms with van der Waals surface area (Å²) in [5.41, 5.74) is 13.6. The molecule has 1 aliphatic rings. The number of aliphatic imine (C=N–C) groups is 1. The minimum atomic E-state index is -0.580. The highest BCUT2D eigenvalue weighted by Crippen LogP contribution is 2.44. The number of carbonyl (C=O) groups is 1. The summed E-state index contributed by atoms with van der Waals surface area (Å²) in [6.07, 6.45) is 6.97. The Morgan fingerprint density at radius 1 is 1.29 bits per heavy atom. The van der Waals surface area contributed by atoms with Crippen molar-refractivity contribution in [3.8, 4) is 5.88 Å². The Hall–Kier alpha value is -3.61. The number of pyridine rings is 1. The van der Waals surface area contributed by atoms with Gasteiger partial charge >= 0.3 is 0 Å². The van der Waals surface area contributed by atoms with Crippen LogP contribution in [-0.4, -0.2) is 22.2 Å². The van der Waals surface area contributed by atoms with Crippen LogP contribution in [0, 0.1) is 0 Å². The molecule has 1 aromatic carbocycles. The molecule has 1 aromatic heterocycles. The van der Waals surface area contributed by atoms with Crippen LogP contribution >= 0.6 is 0 Å². The number of anilines is 1. The van der Waals surface area contributed by atoms with Gasteiger partial charge in [-0.25, -0.2) is 9.98 Å². The molecule has 0 bridgehead atoms. The molecule has 6 N–H and O–H groups in total. The third kappa shape index (κ3) is 3.88. The second-order valence-electron chi connectivity index (χ2n) is 6.74. The van der Waals surface area contributed by atoms with Crippen LogP contribution < -0.4 is 16.8 Å². The summed E-state index contributed by atoms with van der Waals surface area (Å²) >= 11 is 0. The van der Waals surface area contributed by atoms with E-state index in [2.05, 4.69) is 21.9 Å². The van der Waals surface area contributed by atoms with Gasteiger partial charge in [-0.1, -0.05) is 37.3 Å². The van der Waals surface area contributed by atoms with Crippen LogP contribution in [0.1, 0.15) is 30.4 Å². The second kappa shape index (κ2) is 7.96. The summed E-state index contributed by atoms with van der Waals surface area (Å²) in [6.45, 7) is 3.53. The Morgan fingerprint density at radius 2 is 2.00 bits per heavy atom. The van der Waals surface area contributed by atoms with Gasteiger partial charge in [-0.05, 0) is 30.0 Å². The zero-order valence-electron chi connectivity index (χ0n) is 15.4. The van der Waals surface area contributed by atoms with Crippen LogP contribution in [-0.2, 0) is 10.2 Å². The molecule has 0 saturated heterocycles. The number of allylic oxidation sites excluding steroid dienone is 1. The lowest BCUT2D eigenvalue weighted by atomic mass is 9.63. The van der Waals surface area contributed by atoms with Crippen molar-refractivity contribution < 1.29 is 9.90 Å². The van der Waals surface area contributed by atoms with E-state index in [1.54, 1.807) is 12.3 Å². The molecule has 3 rings (SSSR count). The summed E-state index contributed by atoms with van der Waals surface area (Å²) in [4.78, 5) is 20.7. The Bertz CT molecular complexity index is 944. The maximum atomic E-state index is 13.0. The van der Waals surface area contributed by atoms with Crippen molar-refractivity contribution in [1.29, 1.82) is 0 Å². The number of hydrogen-bond acceptors (Lipinski definition) is 6. The van der Waals surface area contributed by atoms with Crippen molar-refractivity contribution in [1.82, 2.24) is 4.98 Å². The average molecular weight is 377 g/mol. The van der Waals surface area contributed by atoms with Crippen molar-refractivity contribution in [2.75, 3.05) is 5.32 Å². The van der Waals surface area contributed by atoms with Gasteiger partial charge in [0.15, 0.2) is 0 Å². The largest absolute Gasteiger partial charge is 0.493 e. The van der Waals surface area contributed by atoms with Gasteiger partial charge in [0.2, 0.25) is 11.8 Å². The zero-order chi connectivity index (χ0) is 20.1. The van der Waals surface area contributed by atoms with Crippen molar-refractivity contribution in [2.45, 2.75) is 24.7 Å². The number of carbonyl (C=O) groups excluding carboxylic acids is 1. The van der Waals surface area contributed by atoms with Crippen LogP contribution in [0.25, 0.3) is 5.57 Å². The van der Waals surface area contributed by atoms with Crippen molar-refractivity contribution in [3.05, 3.63) is 72.3 Å². The van der Waals surface area contributed by atoms with E-state index in [0.29, 0.717) is 11.3 Å². The molecule has 0 aliphatic heterocycles. The van der Waals surface area contributed by atoms with E-state index in [4.69, 9.17) is 11.5 Å². The Labute approximate surface area is 163 Å². The van der Waals surface area contributed by atoms with Crippen LogP contribution in [0.5, 0.6) is 5.88 Å². The molecule has 1 heterocycles. The maximum absolute atomic E-state index is 13.0. The van der Waals surface area contributed by atoms with Crippen molar-refractivity contribution in [3.63, 3.8) is 0 Å². The first-order chi connectivity index (χ1) is 13.4. The smallest absolute Gasteiger partial charge is 0.235 e. The Kier molecular flexibility index (Phi) is 5.44. The lowest BCUT2D eigenvalue weighted by Gasteiger charge is -2.40. The number of nitrogens with zero attached hydrogens (tertiary/aromatic N) is 2. The van der Waals surface area contributed by atoms with E-state index < -0.39 is 5.41 Å². The molecule has 7 nitrogen and oxygen atoms in total. The molecule has 0 radical (unpaired) electrons. The van der Waals surface area contributed by atoms with E-state index in [-0.39, 0.29) is 17.6 Å². The van der Waals surface area contributed by atoms with E-state index in [1.165, 1.54) is 18.5 Å². The molecule has 144 valence electrons. The maximum Gasteiger partial charge on any atom is 0.235 e. The van der Waals surface area contributed by atoms with E-state index >= 15 is 0 Å². The number of nitrogens with two attached hydrogens (primary N) is 2. The van der Waals surface area contributed by atoms with Gasteiger partial charge in [0.1, 0.15) is 5.82 Å². The normalized spacial score (nSPS) is 15.8. The molecule has 0 spiro atoms. The van der Waals surface area contributed by atoms with Gasteiger partial charge in [-0.15, -0.1) is 0 Å². The summed E-state index contributed by atoms with van der Waals surface area (Å²) < 4.78 is 0. The number of nitrogens with one attached hydrogen (secondary N) is 1. The summed E-state index contributed by atoms with van der Waals surface area (Å²) in [5.74, 6) is -0.0244. The molecule has 0 unspecified atom stereocenters. The Balaban J connectivity index is 1.82. The van der Waals surface area contributed by atoms with Gasteiger partial charge in [0.05, 0.1) is 5.41 Å². The van der Waals surface area contributed by atoms with Gasteiger partial charge in [0, 0.05) is 35.9 Å². The minimum Gasteiger partial charge on any atom is -0.493 e. The monoisotopic (exact) mass is 377 g/mol. The van der Waals surface area contributed by atoms with Crippen LogP contribution in [0.15, 0.2) is 66.2 Å². The fourth-order valence-corrected chi connectivity index (χ4v) is 3.27. The number of aromatic nitrogens is 1. The van der Waals surface area contributed by atoms with Crippen LogP contribution in [0.3, 0.4) is 0 Å². The standard InChI is InChI=1S/C21H23N5O2/c1-14(23)25-13-16(12-22)15-3-5-17(6-4-15)21(8-2-9-21)20(28)26-18-7-10-24-19(27)11-18/h3-7,10-13H,1-2,8-9,22-23H2,(H2,24,26,27,28)/b16-12+,25-13-. The van der Waals surface area contributed by atoms with Crippen molar-refractivity contribution in [2.24, 2.45) is 16.5 Å². The molecule has 2 aromatic rings. The number of amides is 1. The van der Waals surface area contributed by atoms with Gasteiger partial charge in [-0.2, -0.15) is 0 Å². The second-order valence-corrected chi connectivity index (χ2v) is 6.74. The highest BCUT2D eigenvalue weighted by atomic mass is 16.3. The highest BCUT2D eigenvalue weighted by molar-refractivity contribution is 6.10. The SMILES string of the molecule is C=C(N)/N=C\C(=C/N)c1ccc(C2(C(=O)Nc3ccnc(O)c3)CCC2)cc1. The molecule has 1 fully saturated rings. The van der Waals surface area contributed by atoms with Gasteiger partial charge in [-0.3, -0.25) is 4.79 Å². The molecular formula is C21H23N5O2. The summed E-state index contributed by atoms with van der Waals surface area (Å²) in [7, 11) is 0. The molecule has 1 saturated carbocycles. The van der Waals surface area contributed by atoms with Gasteiger partial charge < -0.3 is 21.9 Å². The number of benzene rings is 1. The first-order valence-electron chi connectivity index (χ1n) is 8.92. The summed E-state index contributed by atoms with van der Waals surface area (Å²) in [5, 5.41) is 12.4. The van der Waals surface area contributed by atoms with Crippen LogP contribution in [0.4, 0.5) is 5.69 Å². The van der Waals surface area contributed by atoms with Gasteiger partial charge in [0.25, 0.3) is 0 Å². The average Bonchev–Trinajstić information content (AvgIpc) is 2.62. The topological polar surface area (TPSA) is 127 Å². The molecule has 1 amide bonds. The molecule has 7 heteroatoms. The predicted octanol–water partition coefficient (Wildman–Crippen LogP) is 2.65. The Morgan fingerprint density at radius 3 is 2.54 bits per heavy atom. The van der Waals surface area contributed by atoms with Crippen molar-refractivity contribution >= 4 is 23.4 Å². The van der Waals surface area contributed by atoms with E-state index in [1.807, 2.05) is 24.3 Å². The van der Waals surface area contributed by atoms with E-state index in [9.17, 15) is 9.90 Å². The highest BCUT2D eigenvalue weighted by Gasteiger charge is 2.45. The molecular weight excluding hydrogens is 354 g/mol. The quantitative estimate of drug-likeness (QED) is 0.576. The first-order valence-corrected chi connectivity index (χ1v) is 8.92. The number of rotatable bonds is 6. The van der Waals surface area contributed by atoms with Crippen LogP contribution in [0.2, 0.25) is 0 Å². The molecule has 28 heavy (non-hydrogen) atoms. The van der Waals surface area contributed by atoms with E-state index in [0.717, 1.165) is 30.4 Å². The lowest BCUT2D eigenvalue weighted by Crippen LogP contribution is -2.46.